The Morgan fingerprint density at radius 3 is 2.37 bits per heavy atom. The molecule has 2 amide bonds. The third kappa shape index (κ3) is 2.89. The average Bonchev–Trinajstić information content (AvgIpc) is 3.32. The van der Waals surface area contributed by atoms with Gasteiger partial charge in [0.25, 0.3) is 11.8 Å². The van der Waals surface area contributed by atoms with Crippen molar-refractivity contribution in [3.63, 3.8) is 0 Å². The van der Waals surface area contributed by atoms with Crippen molar-refractivity contribution in [2.75, 3.05) is 0 Å². The number of amides is 2. The minimum atomic E-state index is -1.13. The van der Waals surface area contributed by atoms with Crippen molar-refractivity contribution in [3.05, 3.63) is 58.8 Å². The quantitative estimate of drug-likeness (QED) is 0.456. The molecule has 2 heterocycles. The molecule has 1 saturated carbocycles. The first-order valence-electron chi connectivity index (χ1n) is 9.67. The van der Waals surface area contributed by atoms with E-state index in [2.05, 4.69) is 17.3 Å². The molecule has 1 aliphatic heterocycles. The summed E-state index contributed by atoms with van der Waals surface area (Å²) < 4.78 is 5.70. The van der Waals surface area contributed by atoms with Crippen LogP contribution in [0, 0.1) is 23.7 Å². The van der Waals surface area contributed by atoms with Gasteiger partial charge in [-0.2, -0.15) is 10.1 Å². The van der Waals surface area contributed by atoms with E-state index >= 15 is 0 Å². The molecule has 1 saturated heterocycles. The number of imide groups is 1. The van der Waals surface area contributed by atoms with Gasteiger partial charge in [0.15, 0.2) is 0 Å². The lowest BCUT2D eigenvalue weighted by molar-refractivity contribution is -0.140. The Balaban J connectivity index is 1.37. The van der Waals surface area contributed by atoms with Crippen molar-refractivity contribution >= 4 is 35.6 Å². The molecule has 2 fully saturated rings. The number of hydrazone groups is 1. The molecule has 0 spiro atoms. The topological polar surface area (TPSA) is 100 Å². The third-order valence-electron chi connectivity index (χ3n) is 6.14. The lowest BCUT2D eigenvalue weighted by Crippen LogP contribution is -2.38. The van der Waals surface area contributed by atoms with Gasteiger partial charge in [0, 0.05) is 5.56 Å². The van der Waals surface area contributed by atoms with Crippen LogP contribution >= 0.6 is 11.6 Å². The molecule has 0 radical (unpaired) electrons. The lowest BCUT2D eigenvalue weighted by atomic mass is 9.63. The summed E-state index contributed by atoms with van der Waals surface area (Å²) in [5, 5.41) is 14.4. The number of carboxylic acids is 1. The summed E-state index contributed by atoms with van der Waals surface area (Å²) in [6.45, 7) is 0. The highest BCUT2D eigenvalue weighted by atomic mass is 35.5. The van der Waals surface area contributed by atoms with E-state index in [0.717, 1.165) is 17.9 Å². The van der Waals surface area contributed by atoms with Gasteiger partial charge in [-0.25, -0.2) is 4.79 Å². The SMILES string of the molecule is O=C(O)c1cc(-c2ccc(/C=N\N3C(=O)[C@@H]4[C@H](C3=O)[C@@H]3C=C[C@H]4CC3)o2)ccc1Cl. The number of allylic oxidation sites excluding steroid dienone is 2. The first kappa shape index (κ1) is 18.8. The lowest BCUT2D eigenvalue weighted by Gasteiger charge is -2.37. The van der Waals surface area contributed by atoms with Gasteiger partial charge in [-0.15, -0.1) is 0 Å². The Morgan fingerprint density at radius 1 is 1.10 bits per heavy atom. The predicted molar refractivity (Wildman–Crippen MR) is 108 cm³/mol. The monoisotopic (exact) mass is 424 g/mol. The minimum absolute atomic E-state index is 0.0279. The first-order chi connectivity index (χ1) is 14.4. The second kappa shape index (κ2) is 6.95. The number of nitrogens with zero attached hydrogens (tertiary/aromatic N) is 2. The number of rotatable bonds is 4. The molecule has 2 bridgehead atoms. The summed E-state index contributed by atoms with van der Waals surface area (Å²) in [5.74, 6) is -1.28. The van der Waals surface area contributed by atoms with E-state index in [4.69, 9.17) is 16.0 Å². The number of carbonyl (C=O) groups excluding carboxylic acids is 2. The summed E-state index contributed by atoms with van der Waals surface area (Å²) in [4.78, 5) is 36.8. The van der Waals surface area contributed by atoms with Crippen molar-refractivity contribution < 1.29 is 23.9 Å². The Labute approximate surface area is 176 Å². The van der Waals surface area contributed by atoms with Gasteiger partial charge < -0.3 is 9.52 Å². The maximum Gasteiger partial charge on any atom is 0.337 e. The summed E-state index contributed by atoms with van der Waals surface area (Å²) in [5.41, 5.74) is 0.512. The standard InChI is InChI=1S/C22H17ClN2O5/c23-16-7-5-13(9-15(16)22(28)29)17-8-6-14(30-17)10-24-25-20(26)18-11-1-2-12(4-3-11)19(18)21(25)27/h1-2,5-12,18-19H,3-4H2,(H,28,29)/b24-10-/t11-,12+,18-,19+. The molecular weight excluding hydrogens is 408 g/mol. The number of fused-ring (bicyclic) bond motifs is 1. The molecule has 152 valence electrons. The van der Waals surface area contributed by atoms with Crippen molar-refractivity contribution in [3.8, 4) is 11.3 Å². The second-order valence-electron chi connectivity index (χ2n) is 7.78. The number of furan rings is 1. The number of hydrogen-bond donors (Lipinski definition) is 1. The average molecular weight is 425 g/mol. The fourth-order valence-corrected chi connectivity index (χ4v) is 4.91. The molecule has 2 aromatic rings. The fourth-order valence-electron chi connectivity index (χ4n) is 4.71. The molecule has 1 aromatic carbocycles. The van der Waals surface area contributed by atoms with Crippen molar-refractivity contribution in [2.24, 2.45) is 28.8 Å². The van der Waals surface area contributed by atoms with E-state index in [1.165, 1.54) is 18.3 Å². The molecule has 30 heavy (non-hydrogen) atoms. The Hall–Kier alpha value is -3.19. The highest BCUT2D eigenvalue weighted by Gasteiger charge is 2.56. The van der Waals surface area contributed by atoms with E-state index in [1.54, 1.807) is 18.2 Å². The molecule has 4 atom stereocenters. The number of hydrogen-bond acceptors (Lipinski definition) is 5. The number of aromatic carboxylic acids is 1. The Kier molecular flexibility index (Phi) is 4.36. The van der Waals surface area contributed by atoms with Crippen LogP contribution in [0.3, 0.4) is 0 Å². The molecule has 0 unspecified atom stereocenters. The predicted octanol–water partition coefficient (Wildman–Crippen LogP) is 3.83. The van der Waals surface area contributed by atoms with E-state index in [1.807, 2.05) is 0 Å². The van der Waals surface area contributed by atoms with Crippen LogP contribution in [-0.2, 0) is 9.59 Å². The number of halogens is 1. The van der Waals surface area contributed by atoms with E-state index in [0.29, 0.717) is 17.1 Å². The summed E-state index contributed by atoms with van der Waals surface area (Å²) in [7, 11) is 0. The Morgan fingerprint density at radius 2 is 1.77 bits per heavy atom. The largest absolute Gasteiger partial charge is 0.478 e. The molecule has 6 rings (SSSR count). The van der Waals surface area contributed by atoms with Gasteiger partial charge in [-0.1, -0.05) is 23.8 Å². The first-order valence-corrected chi connectivity index (χ1v) is 10.0. The van der Waals surface area contributed by atoms with Gasteiger partial charge >= 0.3 is 5.97 Å². The molecule has 7 nitrogen and oxygen atoms in total. The minimum Gasteiger partial charge on any atom is -0.478 e. The van der Waals surface area contributed by atoms with Gasteiger partial charge in [0.2, 0.25) is 0 Å². The zero-order valence-corrected chi connectivity index (χ0v) is 16.5. The van der Waals surface area contributed by atoms with Crippen LogP contribution in [0.25, 0.3) is 11.3 Å². The van der Waals surface area contributed by atoms with Crippen LogP contribution in [0.4, 0.5) is 0 Å². The maximum absolute atomic E-state index is 12.8. The molecule has 1 aromatic heterocycles. The summed E-state index contributed by atoms with van der Waals surface area (Å²) in [6, 6.07) is 7.86. The van der Waals surface area contributed by atoms with E-state index < -0.39 is 5.97 Å². The van der Waals surface area contributed by atoms with Gasteiger partial charge in [-0.3, -0.25) is 9.59 Å². The van der Waals surface area contributed by atoms with Crippen LogP contribution in [0.1, 0.15) is 29.0 Å². The second-order valence-corrected chi connectivity index (χ2v) is 8.18. The van der Waals surface area contributed by atoms with Crippen LogP contribution in [0.5, 0.6) is 0 Å². The molecule has 4 aliphatic rings. The highest BCUT2D eigenvalue weighted by molar-refractivity contribution is 6.33. The van der Waals surface area contributed by atoms with Crippen molar-refractivity contribution in [1.82, 2.24) is 5.01 Å². The van der Waals surface area contributed by atoms with Crippen molar-refractivity contribution in [1.29, 1.82) is 0 Å². The van der Waals surface area contributed by atoms with Gasteiger partial charge in [-0.05, 0) is 55.0 Å². The normalized spacial score (nSPS) is 27.3. The van der Waals surface area contributed by atoms with Crippen LogP contribution in [-0.4, -0.2) is 34.1 Å². The van der Waals surface area contributed by atoms with E-state index in [-0.39, 0.29) is 46.1 Å². The van der Waals surface area contributed by atoms with Crippen molar-refractivity contribution in [2.45, 2.75) is 12.8 Å². The fraction of sp³-hybridized carbons (Fsp3) is 0.273. The van der Waals surface area contributed by atoms with Crippen LogP contribution in [0.15, 0.2) is 52.0 Å². The molecular formula is C22H17ClN2O5. The van der Waals surface area contributed by atoms with Gasteiger partial charge in [0.05, 0.1) is 28.6 Å². The van der Waals surface area contributed by atoms with Gasteiger partial charge in [0.1, 0.15) is 11.5 Å². The number of benzene rings is 1. The smallest absolute Gasteiger partial charge is 0.337 e. The van der Waals surface area contributed by atoms with Crippen LogP contribution in [0.2, 0.25) is 5.02 Å². The molecule has 1 N–H and O–H groups in total. The number of carbonyl (C=O) groups is 3. The third-order valence-corrected chi connectivity index (χ3v) is 6.47. The summed E-state index contributed by atoms with van der Waals surface area (Å²) in [6.07, 6.45) is 7.31. The zero-order valence-electron chi connectivity index (χ0n) is 15.7. The van der Waals surface area contributed by atoms with E-state index in [9.17, 15) is 19.5 Å². The Bertz CT molecular complexity index is 1100. The zero-order chi connectivity index (χ0) is 21.0. The van der Waals surface area contributed by atoms with Crippen LogP contribution < -0.4 is 0 Å². The highest BCUT2D eigenvalue weighted by Crippen LogP contribution is 2.49. The maximum atomic E-state index is 12.8. The molecule has 3 aliphatic carbocycles. The number of carboxylic acid groups (broad SMARTS) is 1. The summed E-state index contributed by atoms with van der Waals surface area (Å²) >= 11 is 5.90. The molecule has 8 heteroatoms.